The van der Waals surface area contributed by atoms with E-state index in [1.54, 1.807) is 18.2 Å². The number of nitrogens with one attached hydrogen (secondary N) is 2. The summed E-state index contributed by atoms with van der Waals surface area (Å²) in [6, 6.07) is 16.3. The minimum atomic E-state index is -0.978. The number of nitrogens with zero attached hydrogens (tertiary/aromatic N) is 1. The zero-order valence-electron chi connectivity index (χ0n) is 14.0. The number of hydrogen-bond donors (Lipinski definition) is 3. The van der Waals surface area contributed by atoms with Crippen LogP contribution >= 0.6 is 0 Å². The van der Waals surface area contributed by atoms with Gasteiger partial charge in [0.2, 0.25) is 0 Å². The van der Waals surface area contributed by atoms with Gasteiger partial charge in [-0.05, 0) is 25.5 Å². The summed E-state index contributed by atoms with van der Waals surface area (Å²) in [5, 5.41) is 16.6. The summed E-state index contributed by atoms with van der Waals surface area (Å²) in [4.78, 5) is 4.37. The van der Waals surface area contributed by atoms with Gasteiger partial charge in [-0.1, -0.05) is 48.5 Å². The van der Waals surface area contributed by atoms with E-state index in [2.05, 4.69) is 15.6 Å². The lowest BCUT2D eigenvalue weighted by Gasteiger charge is -2.19. The van der Waals surface area contributed by atoms with Gasteiger partial charge in [0.05, 0.1) is 12.6 Å². The average molecular weight is 329 g/mol. The molecule has 0 aromatic heterocycles. The number of benzene rings is 2. The summed E-state index contributed by atoms with van der Waals surface area (Å²) in [6.45, 7) is 4.79. The summed E-state index contributed by atoms with van der Waals surface area (Å²) < 4.78 is 13.7. The fourth-order valence-electron chi connectivity index (χ4n) is 2.37. The first kappa shape index (κ1) is 17.9. The van der Waals surface area contributed by atoms with Gasteiger partial charge in [0, 0.05) is 12.1 Å². The molecule has 0 aliphatic rings. The fraction of sp³-hybridized carbons (Fsp3) is 0.316. The molecule has 2 rings (SSSR count). The molecule has 0 radical (unpaired) electrons. The predicted molar refractivity (Wildman–Crippen MR) is 95.3 cm³/mol. The van der Waals surface area contributed by atoms with E-state index in [4.69, 9.17) is 0 Å². The molecule has 0 bridgehead atoms. The van der Waals surface area contributed by atoms with E-state index in [9.17, 15) is 9.50 Å². The van der Waals surface area contributed by atoms with Crippen molar-refractivity contribution in [3.05, 3.63) is 71.5 Å². The normalized spacial score (nSPS) is 14.1. The summed E-state index contributed by atoms with van der Waals surface area (Å²) in [5.41, 5.74) is 1.39. The number of halogens is 1. The highest BCUT2D eigenvalue weighted by molar-refractivity contribution is 5.80. The van der Waals surface area contributed by atoms with Gasteiger partial charge in [0.25, 0.3) is 0 Å². The number of aliphatic hydroxyl groups excluding tert-OH is 1. The molecule has 0 aliphatic heterocycles. The molecule has 0 saturated carbocycles. The summed E-state index contributed by atoms with van der Waals surface area (Å²) in [5.74, 6) is 0.167. The van der Waals surface area contributed by atoms with Gasteiger partial charge in [0.15, 0.2) is 5.96 Å². The van der Waals surface area contributed by atoms with Crippen LogP contribution in [0, 0.1) is 5.82 Å². The van der Waals surface area contributed by atoms with Crippen molar-refractivity contribution in [2.75, 3.05) is 13.1 Å². The number of guanidine groups is 1. The molecule has 0 aliphatic carbocycles. The molecule has 128 valence electrons. The number of hydrogen-bond acceptors (Lipinski definition) is 2. The fourth-order valence-corrected chi connectivity index (χ4v) is 2.37. The Kier molecular flexibility index (Phi) is 6.75. The number of aliphatic hydroxyl groups is 1. The molecular weight excluding hydrogens is 305 g/mol. The van der Waals surface area contributed by atoms with Gasteiger partial charge >= 0.3 is 0 Å². The smallest absolute Gasteiger partial charge is 0.191 e. The van der Waals surface area contributed by atoms with Gasteiger partial charge in [-0.3, -0.25) is 4.99 Å². The van der Waals surface area contributed by atoms with Gasteiger partial charge < -0.3 is 15.7 Å². The molecule has 4 nitrogen and oxygen atoms in total. The monoisotopic (exact) mass is 329 g/mol. The first-order valence-corrected chi connectivity index (χ1v) is 8.14. The Hall–Kier alpha value is -2.40. The lowest BCUT2D eigenvalue weighted by atomic mass is 10.1. The average Bonchev–Trinajstić information content (AvgIpc) is 2.60. The zero-order chi connectivity index (χ0) is 17.4. The van der Waals surface area contributed by atoms with Crippen molar-refractivity contribution < 1.29 is 9.50 Å². The van der Waals surface area contributed by atoms with Crippen LogP contribution in [0.3, 0.4) is 0 Å². The molecule has 2 atom stereocenters. The van der Waals surface area contributed by atoms with Gasteiger partial charge in [0.1, 0.15) is 11.9 Å². The topological polar surface area (TPSA) is 56.7 Å². The third-order valence-corrected chi connectivity index (χ3v) is 3.68. The van der Waals surface area contributed by atoms with Gasteiger partial charge in [-0.25, -0.2) is 4.39 Å². The highest BCUT2D eigenvalue weighted by atomic mass is 19.1. The standard InChI is InChI=1S/C19H24FN3O/c1-3-21-19(23-14(2)15-9-5-4-6-10-15)22-13-18(24)16-11-7-8-12-17(16)20/h4-12,14,18,24H,3,13H2,1-2H3,(H2,21,22,23). The van der Waals surface area contributed by atoms with Crippen molar-refractivity contribution >= 4 is 5.96 Å². The summed E-state index contributed by atoms with van der Waals surface area (Å²) in [6.07, 6.45) is -0.978. The quantitative estimate of drug-likeness (QED) is 0.563. The molecule has 2 aromatic carbocycles. The number of aliphatic imine (C=N–C) groups is 1. The van der Waals surface area contributed by atoms with E-state index >= 15 is 0 Å². The predicted octanol–water partition coefficient (Wildman–Crippen LogP) is 3.18. The molecular formula is C19H24FN3O. The second-order valence-electron chi connectivity index (χ2n) is 5.53. The summed E-state index contributed by atoms with van der Waals surface area (Å²) >= 11 is 0. The van der Waals surface area contributed by atoms with Crippen molar-refractivity contribution in [2.24, 2.45) is 4.99 Å². The van der Waals surface area contributed by atoms with E-state index in [1.807, 2.05) is 44.2 Å². The minimum Gasteiger partial charge on any atom is -0.386 e. The van der Waals surface area contributed by atoms with Gasteiger partial charge in [-0.2, -0.15) is 0 Å². The molecule has 3 N–H and O–H groups in total. The van der Waals surface area contributed by atoms with E-state index in [0.29, 0.717) is 12.5 Å². The molecule has 24 heavy (non-hydrogen) atoms. The molecule has 0 spiro atoms. The van der Waals surface area contributed by atoms with Gasteiger partial charge in [-0.15, -0.1) is 0 Å². The van der Waals surface area contributed by atoms with Crippen LogP contribution in [-0.2, 0) is 0 Å². The second-order valence-corrected chi connectivity index (χ2v) is 5.53. The first-order valence-electron chi connectivity index (χ1n) is 8.14. The van der Waals surface area contributed by atoms with Crippen molar-refractivity contribution in [1.29, 1.82) is 0 Å². The van der Waals surface area contributed by atoms with Crippen LogP contribution in [0.25, 0.3) is 0 Å². The largest absolute Gasteiger partial charge is 0.386 e. The molecule has 0 amide bonds. The van der Waals surface area contributed by atoms with Crippen LogP contribution in [-0.4, -0.2) is 24.2 Å². The summed E-state index contributed by atoms with van der Waals surface area (Å²) in [7, 11) is 0. The van der Waals surface area contributed by atoms with Crippen LogP contribution in [0.1, 0.15) is 37.1 Å². The molecule has 2 aromatic rings. The highest BCUT2D eigenvalue weighted by Crippen LogP contribution is 2.17. The van der Waals surface area contributed by atoms with E-state index < -0.39 is 11.9 Å². The Morgan fingerprint density at radius 2 is 1.79 bits per heavy atom. The molecule has 0 fully saturated rings. The highest BCUT2D eigenvalue weighted by Gasteiger charge is 2.13. The molecule has 2 unspecified atom stereocenters. The molecule has 5 heteroatoms. The Morgan fingerprint density at radius 3 is 2.46 bits per heavy atom. The van der Waals surface area contributed by atoms with Crippen molar-refractivity contribution in [3.8, 4) is 0 Å². The molecule has 0 heterocycles. The van der Waals surface area contributed by atoms with Crippen LogP contribution in [0.5, 0.6) is 0 Å². The third-order valence-electron chi connectivity index (χ3n) is 3.68. The maximum atomic E-state index is 13.7. The van der Waals surface area contributed by atoms with Crippen molar-refractivity contribution in [3.63, 3.8) is 0 Å². The lowest BCUT2D eigenvalue weighted by molar-refractivity contribution is 0.182. The third kappa shape index (κ3) is 5.06. The first-order chi connectivity index (χ1) is 11.6. The Morgan fingerprint density at radius 1 is 1.12 bits per heavy atom. The van der Waals surface area contributed by atoms with Crippen LogP contribution in [0.15, 0.2) is 59.6 Å². The Labute approximate surface area is 142 Å². The van der Waals surface area contributed by atoms with Crippen molar-refractivity contribution in [1.82, 2.24) is 10.6 Å². The van der Waals surface area contributed by atoms with E-state index in [0.717, 1.165) is 5.56 Å². The maximum absolute atomic E-state index is 13.7. The van der Waals surface area contributed by atoms with Crippen LogP contribution < -0.4 is 10.6 Å². The van der Waals surface area contributed by atoms with Crippen LogP contribution in [0.4, 0.5) is 4.39 Å². The van der Waals surface area contributed by atoms with E-state index in [-0.39, 0.29) is 18.2 Å². The number of rotatable bonds is 6. The van der Waals surface area contributed by atoms with Crippen LogP contribution in [0.2, 0.25) is 0 Å². The SMILES string of the molecule is CCNC(=NCC(O)c1ccccc1F)NC(C)c1ccccc1. The van der Waals surface area contributed by atoms with Crippen molar-refractivity contribution in [2.45, 2.75) is 26.0 Å². The maximum Gasteiger partial charge on any atom is 0.191 e. The Bertz CT molecular complexity index is 661. The van der Waals surface area contributed by atoms with E-state index in [1.165, 1.54) is 6.07 Å². The lowest BCUT2D eigenvalue weighted by Crippen LogP contribution is -2.39. The second kappa shape index (κ2) is 9.03. The zero-order valence-corrected chi connectivity index (χ0v) is 14.0. The Balaban J connectivity index is 2.04. The minimum absolute atomic E-state index is 0.0644. The molecule has 0 saturated heterocycles.